The summed E-state index contributed by atoms with van der Waals surface area (Å²) in [6, 6.07) is 22.5. The van der Waals surface area contributed by atoms with E-state index in [1.807, 2.05) is 36.4 Å². The fraction of sp³-hybridized carbons (Fsp3) is 0.0455. The Kier molecular flexibility index (Phi) is 6.55. The topological polar surface area (TPSA) is 87.7 Å². The van der Waals surface area contributed by atoms with Gasteiger partial charge in [0.25, 0.3) is 5.91 Å². The summed E-state index contributed by atoms with van der Waals surface area (Å²) in [6.45, 7) is 0.337. The van der Waals surface area contributed by atoms with Crippen molar-refractivity contribution in [2.45, 2.75) is 6.61 Å². The number of para-hydroxylation sites is 1. The van der Waals surface area contributed by atoms with E-state index in [1.54, 1.807) is 30.3 Å². The number of thiocarbonyl (C=S) groups is 1. The van der Waals surface area contributed by atoms with Gasteiger partial charge in [0.2, 0.25) is 0 Å². The highest BCUT2D eigenvalue weighted by atomic mass is 32.1. The van der Waals surface area contributed by atoms with E-state index in [-0.39, 0.29) is 16.6 Å². The first-order valence-electron chi connectivity index (χ1n) is 8.74. The lowest BCUT2D eigenvalue weighted by molar-refractivity contribution is 0.0696. The number of benzene rings is 3. The molecule has 29 heavy (non-hydrogen) atoms. The van der Waals surface area contributed by atoms with E-state index in [0.29, 0.717) is 17.9 Å². The molecule has 7 heteroatoms. The molecule has 3 N–H and O–H groups in total. The molecule has 0 aliphatic heterocycles. The molecule has 0 bridgehead atoms. The van der Waals surface area contributed by atoms with Gasteiger partial charge in [0.15, 0.2) is 5.11 Å². The van der Waals surface area contributed by atoms with E-state index in [2.05, 4.69) is 10.6 Å². The average molecular weight is 406 g/mol. The van der Waals surface area contributed by atoms with E-state index in [9.17, 15) is 9.59 Å². The van der Waals surface area contributed by atoms with Crippen LogP contribution in [0.2, 0.25) is 0 Å². The Morgan fingerprint density at radius 2 is 1.62 bits per heavy atom. The third kappa shape index (κ3) is 5.88. The maximum Gasteiger partial charge on any atom is 0.335 e. The van der Waals surface area contributed by atoms with Crippen molar-refractivity contribution in [3.63, 3.8) is 0 Å². The molecule has 3 aromatic rings. The van der Waals surface area contributed by atoms with Crippen LogP contribution in [0, 0.1) is 0 Å². The summed E-state index contributed by atoms with van der Waals surface area (Å²) in [6.07, 6.45) is 0. The molecule has 0 heterocycles. The molecule has 0 spiro atoms. The second kappa shape index (κ2) is 9.48. The molecule has 3 rings (SSSR count). The molecule has 0 saturated carbocycles. The Morgan fingerprint density at radius 1 is 0.897 bits per heavy atom. The molecule has 0 saturated heterocycles. The first-order chi connectivity index (χ1) is 14.0. The van der Waals surface area contributed by atoms with Crippen molar-refractivity contribution in [2.24, 2.45) is 0 Å². The second-order valence-corrected chi connectivity index (χ2v) is 6.50. The first-order valence-corrected chi connectivity index (χ1v) is 9.14. The van der Waals surface area contributed by atoms with Gasteiger partial charge < -0.3 is 15.2 Å². The van der Waals surface area contributed by atoms with Gasteiger partial charge in [0.1, 0.15) is 12.4 Å². The third-order valence-electron chi connectivity index (χ3n) is 3.95. The van der Waals surface area contributed by atoms with Gasteiger partial charge in [-0.1, -0.05) is 30.3 Å². The van der Waals surface area contributed by atoms with Crippen molar-refractivity contribution in [1.82, 2.24) is 5.32 Å². The molecule has 0 aliphatic rings. The number of carboxylic acids is 1. The fourth-order valence-electron chi connectivity index (χ4n) is 2.52. The lowest BCUT2D eigenvalue weighted by Gasteiger charge is -2.11. The minimum atomic E-state index is -1.01. The Morgan fingerprint density at radius 3 is 2.31 bits per heavy atom. The third-order valence-corrected chi connectivity index (χ3v) is 4.16. The van der Waals surface area contributed by atoms with Crippen LogP contribution in [0.4, 0.5) is 5.69 Å². The van der Waals surface area contributed by atoms with Crippen molar-refractivity contribution in [1.29, 1.82) is 0 Å². The Labute approximate surface area is 173 Å². The number of hydrogen-bond acceptors (Lipinski definition) is 4. The van der Waals surface area contributed by atoms with Crippen LogP contribution in [0.15, 0.2) is 78.9 Å². The molecule has 146 valence electrons. The molecule has 1 amide bonds. The zero-order valence-electron chi connectivity index (χ0n) is 15.3. The zero-order valence-corrected chi connectivity index (χ0v) is 16.1. The van der Waals surface area contributed by atoms with E-state index in [4.69, 9.17) is 22.1 Å². The first kappa shape index (κ1) is 20.0. The van der Waals surface area contributed by atoms with Gasteiger partial charge in [-0.3, -0.25) is 10.1 Å². The number of ether oxygens (including phenoxy) is 1. The molecule has 0 atom stereocenters. The Hall–Kier alpha value is -3.71. The number of carbonyl (C=O) groups excluding carboxylic acids is 1. The smallest absolute Gasteiger partial charge is 0.335 e. The number of aromatic carboxylic acids is 1. The van der Waals surface area contributed by atoms with Crippen LogP contribution < -0.4 is 15.4 Å². The molecule has 3 aromatic carbocycles. The van der Waals surface area contributed by atoms with Crippen LogP contribution in [0.1, 0.15) is 26.3 Å². The zero-order chi connectivity index (χ0) is 20.6. The minimum absolute atomic E-state index is 0.115. The van der Waals surface area contributed by atoms with Gasteiger partial charge in [0, 0.05) is 11.3 Å². The summed E-state index contributed by atoms with van der Waals surface area (Å²) in [5.74, 6) is -0.614. The highest BCUT2D eigenvalue weighted by molar-refractivity contribution is 7.80. The van der Waals surface area contributed by atoms with E-state index in [0.717, 1.165) is 11.3 Å². The van der Waals surface area contributed by atoms with Gasteiger partial charge in [-0.05, 0) is 66.3 Å². The van der Waals surface area contributed by atoms with Crippen LogP contribution in [-0.2, 0) is 6.61 Å². The predicted molar refractivity (Wildman–Crippen MR) is 114 cm³/mol. The van der Waals surface area contributed by atoms with Gasteiger partial charge in [0.05, 0.1) is 5.56 Å². The van der Waals surface area contributed by atoms with Crippen molar-refractivity contribution in [3.05, 3.63) is 95.6 Å². The highest BCUT2D eigenvalue weighted by Crippen LogP contribution is 2.13. The van der Waals surface area contributed by atoms with E-state index >= 15 is 0 Å². The normalized spacial score (nSPS) is 10.1. The summed E-state index contributed by atoms with van der Waals surface area (Å²) in [5, 5.41) is 14.5. The molecule has 0 aliphatic carbocycles. The number of amides is 1. The molecular weight excluding hydrogens is 388 g/mol. The molecule has 0 unspecified atom stereocenters. The van der Waals surface area contributed by atoms with Crippen molar-refractivity contribution >= 4 is 34.9 Å². The molecular formula is C22H18N2O4S. The van der Waals surface area contributed by atoms with E-state index in [1.165, 1.54) is 12.1 Å². The number of rotatable bonds is 6. The van der Waals surface area contributed by atoms with E-state index < -0.39 is 5.97 Å². The van der Waals surface area contributed by atoms with Crippen molar-refractivity contribution in [3.8, 4) is 5.75 Å². The van der Waals surface area contributed by atoms with Gasteiger partial charge >= 0.3 is 5.97 Å². The lowest BCUT2D eigenvalue weighted by Crippen LogP contribution is -2.34. The monoisotopic (exact) mass is 406 g/mol. The summed E-state index contributed by atoms with van der Waals surface area (Å²) >= 11 is 5.16. The SMILES string of the molecule is O=C(O)c1ccc(NC(=S)NC(=O)c2cccc(COc3ccccc3)c2)cc1. The molecule has 0 fully saturated rings. The van der Waals surface area contributed by atoms with Crippen LogP contribution >= 0.6 is 12.2 Å². The van der Waals surface area contributed by atoms with Crippen molar-refractivity contribution < 1.29 is 19.4 Å². The predicted octanol–water partition coefficient (Wildman–Crippen LogP) is 4.09. The fourth-order valence-corrected chi connectivity index (χ4v) is 2.73. The lowest BCUT2D eigenvalue weighted by atomic mass is 10.1. The quantitative estimate of drug-likeness (QED) is 0.535. The van der Waals surface area contributed by atoms with Crippen molar-refractivity contribution in [2.75, 3.05) is 5.32 Å². The number of hydrogen-bond donors (Lipinski definition) is 3. The van der Waals surface area contributed by atoms with Crippen LogP contribution in [0.5, 0.6) is 5.75 Å². The number of carboxylic acid groups (broad SMARTS) is 1. The number of carbonyl (C=O) groups is 2. The standard InChI is InChI=1S/C22H18N2O4S/c25-20(24-22(29)23-18-11-9-16(10-12-18)21(26)27)17-6-4-5-15(13-17)14-28-19-7-2-1-3-8-19/h1-13H,14H2,(H,26,27)(H2,23,24,25,29). The summed E-state index contributed by atoms with van der Waals surface area (Å²) in [7, 11) is 0. The van der Waals surface area contributed by atoms with Crippen LogP contribution in [0.3, 0.4) is 0 Å². The average Bonchev–Trinajstić information content (AvgIpc) is 2.73. The number of anilines is 1. The van der Waals surface area contributed by atoms with Crippen LogP contribution in [0.25, 0.3) is 0 Å². The Bertz CT molecular complexity index is 1020. The molecule has 6 nitrogen and oxygen atoms in total. The maximum atomic E-state index is 12.5. The largest absolute Gasteiger partial charge is 0.489 e. The minimum Gasteiger partial charge on any atom is -0.489 e. The molecule has 0 aromatic heterocycles. The Balaban J connectivity index is 1.57. The summed E-state index contributed by atoms with van der Waals surface area (Å²) in [4.78, 5) is 23.3. The van der Waals surface area contributed by atoms with Gasteiger partial charge in [-0.25, -0.2) is 4.79 Å². The van der Waals surface area contributed by atoms with Crippen LogP contribution in [-0.4, -0.2) is 22.1 Å². The maximum absolute atomic E-state index is 12.5. The summed E-state index contributed by atoms with van der Waals surface area (Å²) < 4.78 is 5.70. The highest BCUT2D eigenvalue weighted by Gasteiger charge is 2.10. The summed E-state index contributed by atoms with van der Waals surface area (Å²) in [5.41, 5.74) is 2.04. The van der Waals surface area contributed by atoms with Gasteiger partial charge in [-0.15, -0.1) is 0 Å². The second-order valence-electron chi connectivity index (χ2n) is 6.09. The molecule has 0 radical (unpaired) electrons. The van der Waals surface area contributed by atoms with Gasteiger partial charge in [-0.2, -0.15) is 0 Å². The number of nitrogens with one attached hydrogen (secondary N) is 2.